The van der Waals surface area contributed by atoms with Crippen LogP contribution in [0.1, 0.15) is 11.3 Å². The Bertz CT molecular complexity index is 531. The number of hydrogen-bond acceptors (Lipinski definition) is 1. The molecule has 2 heterocycles. The van der Waals surface area contributed by atoms with Crippen LogP contribution in [-0.2, 0) is 13.0 Å². The monoisotopic (exact) mass is 328 g/mol. The van der Waals surface area contributed by atoms with Gasteiger partial charge >= 0.3 is 0 Å². The lowest BCUT2D eigenvalue weighted by atomic mass is 10.1. The van der Waals surface area contributed by atoms with Gasteiger partial charge in [0.1, 0.15) is 0 Å². The van der Waals surface area contributed by atoms with Gasteiger partial charge in [-0.2, -0.15) is 0 Å². The van der Waals surface area contributed by atoms with Crippen LogP contribution in [0.3, 0.4) is 0 Å². The van der Waals surface area contributed by atoms with Crippen molar-refractivity contribution >= 4 is 42.8 Å². The molecule has 0 bridgehead atoms. The zero-order valence-corrected chi connectivity index (χ0v) is 11.2. The molecule has 0 fully saturated rings. The number of H-pyrrole nitrogens is 1. The molecule has 0 spiro atoms. The fourth-order valence-corrected chi connectivity index (χ4v) is 3.18. The van der Waals surface area contributed by atoms with Crippen LogP contribution in [0.25, 0.3) is 10.9 Å². The van der Waals surface area contributed by atoms with Gasteiger partial charge in [0.2, 0.25) is 0 Å². The van der Waals surface area contributed by atoms with E-state index in [4.69, 9.17) is 0 Å². The molecule has 1 aromatic carbocycles. The van der Waals surface area contributed by atoms with Gasteiger partial charge < -0.3 is 10.3 Å². The molecular formula is C11H10Br2N2. The highest BCUT2D eigenvalue weighted by Crippen LogP contribution is 2.35. The second-order valence-electron chi connectivity index (χ2n) is 3.79. The number of aromatic nitrogens is 1. The van der Waals surface area contributed by atoms with E-state index < -0.39 is 0 Å². The highest BCUT2D eigenvalue weighted by molar-refractivity contribution is 9.11. The molecule has 4 heteroatoms. The molecule has 2 N–H and O–H groups in total. The first-order chi connectivity index (χ1) is 7.27. The number of aromatic amines is 1. The molecule has 3 rings (SSSR count). The molecule has 1 aliphatic rings. The third-order valence-corrected chi connectivity index (χ3v) is 4.22. The first-order valence-electron chi connectivity index (χ1n) is 4.95. The minimum Gasteiger partial charge on any atom is -0.357 e. The molecule has 0 unspecified atom stereocenters. The van der Waals surface area contributed by atoms with Gasteiger partial charge in [0, 0.05) is 39.5 Å². The lowest BCUT2D eigenvalue weighted by Crippen LogP contribution is -2.22. The van der Waals surface area contributed by atoms with E-state index in [9.17, 15) is 0 Å². The molecule has 78 valence electrons. The van der Waals surface area contributed by atoms with Crippen LogP contribution >= 0.6 is 31.9 Å². The molecule has 0 amide bonds. The van der Waals surface area contributed by atoms with Crippen molar-refractivity contribution in [3.63, 3.8) is 0 Å². The first kappa shape index (κ1) is 9.87. The number of rotatable bonds is 0. The lowest BCUT2D eigenvalue weighted by molar-refractivity contribution is 0.640. The summed E-state index contributed by atoms with van der Waals surface area (Å²) in [6.07, 6.45) is 1.09. The predicted molar refractivity (Wildman–Crippen MR) is 69.1 cm³/mol. The maximum absolute atomic E-state index is 3.62. The van der Waals surface area contributed by atoms with E-state index in [1.807, 2.05) is 0 Å². The number of fused-ring (bicyclic) bond motifs is 3. The molecule has 0 radical (unpaired) electrons. The second-order valence-corrected chi connectivity index (χ2v) is 5.50. The van der Waals surface area contributed by atoms with Gasteiger partial charge in [-0.3, -0.25) is 0 Å². The van der Waals surface area contributed by atoms with Crippen LogP contribution in [0.15, 0.2) is 21.1 Å². The zero-order valence-electron chi connectivity index (χ0n) is 8.03. The Kier molecular flexibility index (Phi) is 2.38. The maximum atomic E-state index is 3.62. The maximum Gasteiger partial charge on any atom is 0.0615 e. The van der Waals surface area contributed by atoms with Crippen LogP contribution in [0.2, 0.25) is 0 Å². The van der Waals surface area contributed by atoms with E-state index in [1.54, 1.807) is 0 Å². The zero-order chi connectivity index (χ0) is 10.4. The molecule has 0 saturated heterocycles. The number of nitrogens with one attached hydrogen (secondary N) is 2. The van der Waals surface area contributed by atoms with E-state index >= 15 is 0 Å². The summed E-state index contributed by atoms with van der Waals surface area (Å²) in [5.41, 5.74) is 3.99. The Labute approximate surface area is 105 Å². The van der Waals surface area contributed by atoms with Crippen LogP contribution < -0.4 is 5.32 Å². The lowest BCUT2D eigenvalue weighted by Gasteiger charge is -2.12. The van der Waals surface area contributed by atoms with Crippen molar-refractivity contribution in [1.29, 1.82) is 0 Å². The fourth-order valence-electron chi connectivity index (χ4n) is 2.18. The van der Waals surface area contributed by atoms with Crippen molar-refractivity contribution in [2.24, 2.45) is 0 Å². The molecule has 1 aromatic heterocycles. The van der Waals surface area contributed by atoms with Crippen molar-refractivity contribution in [3.05, 3.63) is 32.3 Å². The van der Waals surface area contributed by atoms with Crippen molar-refractivity contribution in [1.82, 2.24) is 10.3 Å². The Morgan fingerprint density at radius 2 is 1.93 bits per heavy atom. The Morgan fingerprint density at radius 1 is 1.13 bits per heavy atom. The molecule has 15 heavy (non-hydrogen) atoms. The van der Waals surface area contributed by atoms with Gasteiger partial charge in [0.25, 0.3) is 0 Å². The molecule has 0 atom stereocenters. The molecule has 1 aliphatic heterocycles. The normalized spacial score (nSPS) is 15.6. The molecule has 0 saturated carbocycles. The molecule has 2 aromatic rings. The Balaban J connectivity index is 2.41. The van der Waals surface area contributed by atoms with Crippen molar-refractivity contribution < 1.29 is 0 Å². The van der Waals surface area contributed by atoms with Crippen LogP contribution in [0.5, 0.6) is 0 Å². The van der Waals surface area contributed by atoms with E-state index in [-0.39, 0.29) is 0 Å². The summed E-state index contributed by atoms with van der Waals surface area (Å²) in [5, 5.41) is 4.72. The van der Waals surface area contributed by atoms with Crippen molar-refractivity contribution in [2.75, 3.05) is 6.54 Å². The number of hydrogen-bond donors (Lipinski definition) is 2. The van der Waals surface area contributed by atoms with E-state index in [0.29, 0.717) is 0 Å². The van der Waals surface area contributed by atoms with E-state index in [2.05, 4.69) is 54.3 Å². The number of benzene rings is 1. The first-order valence-corrected chi connectivity index (χ1v) is 6.54. The van der Waals surface area contributed by atoms with Gasteiger partial charge in [0.15, 0.2) is 0 Å². The summed E-state index contributed by atoms with van der Waals surface area (Å²) in [7, 11) is 0. The fraction of sp³-hybridized carbons (Fsp3) is 0.273. The minimum atomic E-state index is 0.963. The van der Waals surface area contributed by atoms with Gasteiger partial charge in [0.05, 0.1) is 5.52 Å². The largest absolute Gasteiger partial charge is 0.357 e. The highest BCUT2D eigenvalue weighted by atomic mass is 79.9. The Hall–Kier alpha value is -0.320. The van der Waals surface area contributed by atoms with Crippen LogP contribution in [-0.4, -0.2) is 11.5 Å². The van der Waals surface area contributed by atoms with Crippen molar-refractivity contribution in [3.8, 4) is 0 Å². The molecular weight excluding hydrogens is 320 g/mol. The Morgan fingerprint density at radius 3 is 2.80 bits per heavy atom. The van der Waals surface area contributed by atoms with Crippen molar-refractivity contribution in [2.45, 2.75) is 13.0 Å². The SMILES string of the molecule is Brc1ccc(Br)c2c3c([nH]c12)CCNC3. The van der Waals surface area contributed by atoms with E-state index in [1.165, 1.54) is 26.6 Å². The summed E-state index contributed by atoms with van der Waals surface area (Å²) in [6.45, 7) is 2.03. The minimum absolute atomic E-state index is 0.963. The standard InChI is InChI=1S/C11H10Br2N2/c12-7-1-2-8(13)11-10(7)6-5-14-4-3-9(6)15-11/h1-2,14-15H,3-5H2. The average Bonchev–Trinajstić information content (AvgIpc) is 2.64. The summed E-state index contributed by atoms with van der Waals surface area (Å²) >= 11 is 7.21. The van der Waals surface area contributed by atoms with Gasteiger partial charge in [-0.15, -0.1) is 0 Å². The van der Waals surface area contributed by atoms with Crippen LogP contribution in [0.4, 0.5) is 0 Å². The summed E-state index contributed by atoms with van der Waals surface area (Å²) in [5.74, 6) is 0. The smallest absolute Gasteiger partial charge is 0.0615 e. The predicted octanol–water partition coefficient (Wildman–Crippen LogP) is 3.34. The second kappa shape index (κ2) is 3.61. The summed E-state index contributed by atoms with van der Waals surface area (Å²) < 4.78 is 2.30. The third-order valence-electron chi connectivity index (χ3n) is 2.90. The van der Waals surface area contributed by atoms with E-state index in [0.717, 1.165) is 24.0 Å². The average molecular weight is 330 g/mol. The van der Waals surface area contributed by atoms with Crippen LogP contribution in [0, 0.1) is 0 Å². The van der Waals surface area contributed by atoms with Gasteiger partial charge in [-0.05, 0) is 33.6 Å². The third kappa shape index (κ3) is 1.47. The summed E-state index contributed by atoms with van der Waals surface area (Å²) in [6, 6.07) is 4.16. The molecule has 2 nitrogen and oxygen atoms in total. The topological polar surface area (TPSA) is 27.8 Å². The van der Waals surface area contributed by atoms with Gasteiger partial charge in [-0.1, -0.05) is 15.9 Å². The van der Waals surface area contributed by atoms with Gasteiger partial charge in [-0.25, -0.2) is 0 Å². The summed E-state index contributed by atoms with van der Waals surface area (Å²) in [4.78, 5) is 3.51. The molecule has 0 aliphatic carbocycles. The highest BCUT2D eigenvalue weighted by Gasteiger charge is 2.17. The quantitative estimate of drug-likeness (QED) is 0.762. The number of halogens is 2.